The monoisotopic (exact) mass is 409 g/mol. The number of hydrogen-bond acceptors (Lipinski definition) is 6. The summed E-state index contributed by atoms with van der Waals surface area (Å²) in [6.07, 6.45) is 6.92. The highest BCUT2D eigenvalue weighted by molar-refractivity contribution is 5.67. The molecule has 1 spiro atoms. The smallest absolute Gasteiger partial charge is 0.229 e. The van der Waals surface area contributed by atoms with Gasteiger partial charge in [-0.1, -0.05) is 33.3 Å². The summed E-state index contributed by atoms with van der Waals surface area (Å²) in [5.41, 5.74) is 5.75. The minimum atomic E-state index is 0.262. The van der Waals surface area contributed by atoms with Crippen molar-refractivity contribution < 1.29 is 4.74 Å². The molecule has 2 heterocycles. The second-order valence-electron chi connectivity index (χ2n) is 8.06. The van der Waals surface area contributed by atoms with Gasteiger partial charge < -0.3 is 20.7 Å². The van der Waals surface area contributed by atoms with Crippen molar-refractivity contribution in [2.45, 2.75) is 65.3 Å². The molecule has 0 radical (unpaired) electrons. The summed E-state index contributed by atoms with van der Waals surface area (Å²) in [4.78, 5) is 9.04. The predicted molar refractivity (Wildman–Crippen MR) is 125 cm³/mol. The van der Waals surface area contributed by atoms with Crippen LogP contribution >= 0.6 is 0 Å². The van der Waals surface area contributed by atoms with Gasteiger partial charge in [-0.25, -0.2) is 4.98 Å². The first-order chi connectivity index (χ1) is 14.5. The van der Waals surface area contributed by atoms with E-state index in [1.165, 1.54) is 36.8 Å². The largest absolute Gasteiger partial charge is 0.495 e. The first-order valence-electron chi connectivity index (χ1n) is 11.0. The molecule has 1 fully saturated rings. The zero-order valence-corrected chi connectivity index (χ0v) is 19.0. The van der Waals surface area contributed by atoms with Crippen molar-refractivity contribution in [3.63, 3.8) is 0 Å². The lowest BCUT2D eigenvalue weighted by Gasteiger charge is -2.37. The summed E-state index contributed by atoms with van der Waals surface area (Å²) in [6, 6.07) is 4.42. The van der Waals surface area contributed by atoms with E-state index in [4.69, 9.17) is 4.74 Å². The molecule has 2 aliphatic rings. The predicted octanol–water partition coefficient (Wildman–Crippen LogP) is 5.42. The molecule has 1 aromatic carbocycles. The molecule has 0 amide bonds. The molecule has 2 aromatic rings. The van der Waals surface area contributed by atoms with Crippen molar-refractivity contribution >= 4 is 17.5 Å². The average molecular weight is 410 g/mol. The summed E-state index contributed by atoms with van der Waals surface area (Å²) in [7, 11) is 1.72. The average Bonchev–Trinajstić information content (AvgIpc) is 3.20. The van der Waals surface area contributed by atoms with E-state index in [2.05, 4.69) is 44.6 Å². The van der Waals surface area contributed by atoms with Crippen molar-refractivity contribution in [1.82, 2.24) is 15.3 Å². The molecule has 1 aromatic heterocycles. The van der Waals surface area contributed by atoms with E-state index < -0.39 is 0 Å². The molecule has 1 saturated carbocycles. The highest BCUT2D eigenvalue weighted by Crippen LogP contribution is 2.46. The van der Waals surface area contributed by atoms with Crippen LogP contribution in [0.3, 0.4) is 0 Å². The number of rotatable bonds is 5. The van der Waals surface area contributed by atoms with Crippen LogP contribution in [0.1, 0.15) is 63.1 Å². The van der Waals surface area contributed by atoms with Gasteiger partial charge in [-0.2, -0.15) is 4.98 Å². The van der Waals surface area contributed by atoms with E-state index in [0.717, 1.165) is 41.6 Å². The fourth-order valence-corrected chi connectivity index (χ4v) is 4.51. The topological polar surface area (TPSA) is 71.1 Å². The van der Waals surface area contributed by atoms with Crippen LogP contribution in [0, 0.1) is 6.92 Å². The Kier molecular flexibility index (Phi) is 6.98. The number of ether oxygens (including phenoxy) is 1. The maximum absolute atomic E-state index is 5.74. The molecule has 1 aliphatic heterocycles. The first-order valence-corrected chi connectivity index (χ1v) is 11.0. The second-order valence-corrected chi connectivity index (χ2v) is 8.06. The lowest BCUT2D eigenvalue weighted by atomic mass is 9.74. The Bertz CT molecular complexity index is 903. The molecular weight excluding hydrogens is 374 g/mol. The Morgan fingerprint density at radius 3 is 2.63 bits per heavy atom. The third-order valence-electron chi connectivity index (χ3n) is 5.89. The van der Waals surface area contributed by atoms with Gasteiger partial charge in [0.1, 0.15) is 11.6 Å². The number of aromatic nitrogens is 2. The fraction of sp³-hybridized carbons (Fsp3) is 0.500. The number of anilines is 3. The molecule has 162 valence electrons. The summed E-state index contributed by atoms with van der Waals surface area (Å²) < 4.78 is 5.74. The normalized spacial score (nSPS) is 16.3. The number of allylic oxidation sites excluding steroid dienone is 1. The molecule has 0 bridgehead atoms. The Balaban J connectivity index is 0.00000124. The van der Waals surface area contributed by atoms with E-state index >= 15 is 0 Å². The van der Waals surface area contributed by atoms with Gasteiger partial charge in [0.2, 0.25) is 5.95 Å². The van der Waals surface area contributed by atoms with Gasteiger partial charge in [0.05, 0.1) is 12.8 Å². The number of benzene rings is 1. The van der Waals surface area contributed by atoms with Crippen molar-refractivity contribution in [3.05, 3.63) is 47.3 Å². The highest BCUT2D eigenvalue weighted by Gasteiger charge is 2.39. The van der Waals surface area contributed by atoms with E-state index in [0.29, 0.717) is 5.95 Å². The van der Waals surface area contributed by atoms with Gasteiger partial charge >= 0.3 is 0 Å². The SMILES string of the molecule is C=C(C)Nc1nc(Nc2cc3c(cc2OC)C2(CCCC2)CNC3)ncc1C.CC. The van der Waals surface area contributed by atoms with Crippen LogP contribution in [0.25, 0.3) is 0 Å². The molecule has 6 heteroatoms. The third kappa shape index (κ3) is 4.43. The summed E-state index contributed by atoms with van der Waals surface area (Å²) in [5, 5.41) is 10.2. The van der Waals surface area contributed by atoms with Gasteiger partial charge in [0.15, 0.2) is 0 Å². The van der Waals surface area contributed by atoms with Crippen LogP contribution < -0.4 is 20.7 Å². The highest BCUT2D eigenvalue weighted by atomic mass is 16.5. The molecule has 3 N–H and O–H groups in total. The van der Waals surface area contributed by atoms with Crippen molar-refractivity contribution in [3.8, 4) is 5.75 Å². The summed E-state index contributed by atoms with van der Waals surface area (Å²) in [5.74, 6) is 2.13. The third-order valence-corrected chi connectivity index (χ3v) is 5.89. The molecule has 6 nitrogen and oxygen atoms in total. The lowest BCUT2D eigenvalue weighted by Crippen LogP contribution is -2.41. The van der Waals surface area contributed by atoms with Crippen LogP contribution in [0.15, 0.2) is 30.6 Å². The zero-order valence-electron chi connectivity index (χ0n) is 19.0. The van der Waals surface area contributed by atoms with E-state index in [-0.39, 0.29) is 5.41 Å². The molecule has 0 unspecified atom stereocenters. The van der Waals surface area contributed by atoms with E-state index in [1.54, 1.807) is 13.3 Å². The number of nitrogens with one attached hydrogen (secondary N) is 3. The maximum Gasteiger partial charge on any atom is 0.229 e. The van der Waals surface area contributed by atoms with Crippen LogP contribution in [-0.2, 0) is 12.0 Å². The van der Waals surface area contributed by atoms with Crippen molar-refractivity contribution in [2.24, 2.45) is 0 Å². The van der Waals surface area contributed by atoms with Crippen molar-refractivity contribution in [2.75, 3.05) is 24.3 Å². The molecule has 4 rings (SSSR count). The molecule has 0 atom stereocenters. The summed E-state index contributed by atoms with van der Waals surface area (Å²) in [6.45, 7) is 13.7. The quantitative estimate of drug-likeness (QED) is 0.612. The number of nitrogens with zero attached hydrogens (tertiary/aromatic N) is 2. The number of aryl methyl sites for hydroxylation is 1. The van der Waals surface area contributed by atoms with E-state index in [9.17, 15) is 0 Å². The van der Waals surface area contributed by atoms with Crippen LogP contribution in [-0.4, -0.2) is 23.6 Å². The van der Waals surface area contributed by atoms with Gasteiger partial charge in [-0.3, -0.25) is 0 Å². The van der Waals surface area contributed by atoms with Gasteiger partial charge in [-0.15, -0.1) is 0 Å². The number of hydrogen-bond donors (Lipinski definition) is 3. The first kappa shape index (κ1) is 22.1. The second kappa shape index (κ2) is 9.47. The number of methoxy groups -OCH3 is 1. The summed E-state index contributed by atoms with van der Waals surface area (Å²) >= 11 is 0. The molecule has 0 saturated heterocycles. The Hall–Kier alpha value is -2.60. The van der Waals surface area contributed by atoms with Crippen LogP contribution in [0.2, 0.25) is 0 Å². The van der Waals surface area contributed by atoms with Gasteiger partial charge in [0, 0.05) is 36.0 Å². The molecule has 1 aliphatic carbocycles. The minimum absolute atomic E-state index is 0.262. The minimum Gasteiger partial charge on any atom is -0.495 e. The van der Waals surface area contributed by atoms with Gasteiger partial charge in [0.25, 0.3) is 0 Å². The zero-order chi connectivity index (χ0) is 21.7. The van der Waals surface area contributed by atoms with Crippen LogP contribution in [0.4, 0.5) is 17.5 Å². The Morgan fingerprint density at radius 1 is 1.23 bits per heavy atom. The Labute approximate surface area is 180 Å². The lowest BCUT2D eigenvalue weighted by molar-refractivity contribution is 0.370. The van der Waals surface area contributed by atoms with E-state index in [1.807, 2.05) is 27.7 Å². The fourth-order valence-electron chi connectivity index (χ4n) is 4.51. The Morgan fingerprint density at radius 2 is 1.97 bits per heavy atom. The maximum atomic E-state index is 5.74. The molecule has 30 heavy (non-hydrogen) atoms. The van der Waals surface area contributed by atoms with Crippen LogP contribution in [0.5, 0.6) is 5.75 Å². The number of fused-ring (bicyclic) bond motifs is 2. The standard InChI is InChI=1S/C22H29N5O.C2H6/c1-14(2)25-20-15(3)11-24-21(27-20)26-18-9-16-12-23-13-22(7-5-6-8-22)17(16)10-19(18)28-4;1-2/h9-11,23H,1,5-8,12-13H2,2-4H3,(H2,24,25,26,27);1-2H3. The molecular formula is C24H35N5O. The van der Waals surface area contributed by atoms with Crippen molar-refractivity contribution in [1.29, 1.82) is 0 Å². The van der Waals surface area contributed by atoms with Gasteiger partial charge in [-0.05, 0) is 49.9 Å².